The molecule has 1 heterocycles. The van der Waals surface area contributed by atoms with E-state index >= 15 is 0 Å². The molecular weight excluding hydrogens is 598 g/mol. The Balaban J connectivity index is 1.60. The lowest BCUT2D eigenvalue weighted by Crippen LogP contribution is -2.32. The molecule has 1 aliphatic heterocycles. The summed E-state index contributed by atoms with van der Waals surface area (Å²) in [5.74, 6) is 0.00538. The summed E-state index contributed by atoms with van der Waals surface area (Å²) in [7, 11) is 1.42. The molecule has 0 fully saturated rings. The van der Waals surface area contributed by atoms with Gasteiger partial charge in [-0.05, 0) is 73.8 Å². The maximum atomic E-state index is 13.0. The van der Waals surface area contributed by atoms with E-state index in [9.17, 15) is 14.7 Å². The number of carbonyl (C=O) groups is 2. The first-order chi connectivity index (χ1) is 17.4. The van der Waals surface area contributed by atoms with Gasteiger partial charge >= 0.3 is 0 Å². The van der Waals surface area contributed by atoms with Crippen molar-refractivity contribution in [1.82, 2.24) is 10.7 Å². The third kappa shape index (κ3) is 5.69. The van der Waals surface area contributed by atoms with E-state index in [0.29, 0.717) is 31.6 Å². The first-order valence-electron chi connectivity index (χ1n) is 10.4. The van der Waals surface area contributed by atoms with Crippen LogP contribution >= 0.6 is 31.9 Å². The van der Waals surface area contributed by atoms with Gasteiger partial charge in [-0.3, -0.25) is 9.59 Å². The quantitative estimate of drug-likeness (QED) is 0.203. The largest absolute Gasteiger partial charge is 0.504 e. The van der Waals surface area contributed by atoms with Crippen molar-refractivity contribution >= 4 is 56.0 Å². The van der Waals surface area contributed by atoms with E-state index < -0.39 is 11.8 Å². The number of phenolic OH excluding ortho intramolecular Hbond substituents is 1. The lowest BCUT2D eigenvalue weighted by atomic mass is 10.1. The van der Waals surface area contributed by atoms with Gasteiger partial charge in [0, 0.05) is 14.5 Å². The maximum absolute atomic E-state index is 13.0. The molecule has 9 nitrogen and oxygen atoms in total. The van der Waals surface area contributed by atoms with Crippen LogP contribution in [0.2, 0.25) is 0 Å². The Labute approximate surface area is 223 Å². The number of ether oxygens (including phenoxy) is 3. The predicted octanol–water partition coefficient (Wildman–Crippen LogP) is 4.58. The lowest BCUT2D eigenvalue weighted by Gasteiger charge is -2.11. The van der Waals surface area contributed by atoms with Gasteiger partial charge in [-0.1, -0.05) is 24.3 Å². The summed E-state index contributed by atoms with van der Waals surface area (Å²) in [6.45, 7) is 0.109. The van der Waals surface area contributed by atoms with Crippen LogP contribution in [0.1, 0.15) is 21.5 Å². The van der Waals surface area contributed by atoms with Crippen LogP contribution < -0.4 is 25.0 Å². The van der Waals surface area contributed by atoms with Gasteiger partial charge in [-0.2, -0.15) is 5.10 Å². The van der Waals surface area contributed by atoms with Crippen LogP contribution in [-0.4, -0.2) is 37.0 Å². The average Bonchev–Trinajstić information content (AvgIpc) is 3.36. The fourth-order valence-corrected chi connectivity index (χ4v) is 4.04. The van der Waals surface area contributed by atoms with E-state index in [1.807, 2.05) is 0 Å². The van der Waals surface area contributed by atoms with E-state index in [1.165, 1.54) is 19.4 Å². The number of amides is 2. The Morgan fingerprint density at radius 1 is 1.08 bits per heavy atom. The molecule has 184 valence electrons. The average molecular weight is 617 g/mol. The Bertz CT molecular complexity index is 1380. The molecule has 4 rings (SSSR count). The lowest BCUT2D eigenvalue weighted by molar-refractivity contribution is -0.117. The molecule has 3 aromatic carbocycles. The fourth-order valence-electron chi connectivity index (χ4n) is 3.21. The number of fused-ring (bicyclic) bond motifs is 1. The van der Waals surface area contributed by atoms with E-state index in [2.05, 4.69) is 47.7 Å². The molecule has 2 amide bonds. The van der Waals surface area contributed by atoms with Crippen LogP contribution in [-0.2, 0) is 4.79 Å². The van der Waals surface area contributed by atoms with Crippen molar-refractivity contribution in [3.8, 4) is 23.0 Å². The highest BCUT2D eigenvalue weighted by Crippen LogP contribution is 2.39. The molecule has 3 aromatic rings. The number of carbonyl (C=O) groups excluding carboxylic acids is 2. The summed E-state index contributed by atoms with van der Waals surface area (Å²) in [5, 5.41) is 17.0. The van der Waals surface area contributed by atoms with Gasteiger partial charge in [0.1, 0.15) is 5.70 Å². The summed E-state index contributed by atoms with van der Waals surface area (Å²) in [6, 6.07) is 15.2. The third-order valence-corrected chi connectivity index (χ3v) is 7.02. The normalized spacial score (nSPS) is 12.5. The van der Waals surface area contributed by atoms with Crippen LogP contribution in [0.3, 0.4) is 0 Å². The number of benzene rings is 3. The number of nitrogens with zero attached hydrogens (tertiary/aromatic N) is 1. The molecule has 0 atom stereocenters. The van der Waals surface area contributed by atoms with Crippen LogP contribution in [0.15, 0.2) is 74.3 Å². The van der Waals surface area contributed by atoms with Crippen molar-refractivity contribution in [1.29, 1.82) is 0 Å². The Morgan fingerprint density at radius 2 is 1.83 bits per heavy atom. The monoisotopic (exact) mass is 615 g/mol. The van der Waals surface area contributed by atoms with Gasteiger partial charge < -0.3 is 24.6 Å². The number of hydrogen-bond donors (Lipinski definition) is 3. The van der Waals surface area contributed by atoms with Crippen LogP contribution in [0.5, 0.6) is 23.0 Å². The zero-order valence-electron chi connectivity index (χ0n) is 18.7. The van der Waals surface area contributed by atoms with Gasteiger partial charge in [0.25, 0.3) is 11.8 Å². The van der Waals surface area contributed by atoms with Gasteiger partial charge in [0.15, 0.2) is 23.0 Å². The molecule has 0 unspecified atom stereocenters. The number of aromatic hydroxyl groups is 1. The molecule has 11 heteroatoms. The fraction of sp³-hybridized carbons (Fsp3) is 0.0800. The summed E-state index contributed by atoms with van der Waals surface area (Å²) < 4.78 is 17.0. The molecule has 0 spiro atoms. The molecule has 0 saturated heterocycles. The molecule has 0 aliphatic carbocycles. The Morgan fingerprint density at radius 3 is 2.58 bits per heavy atom. The predicted molar refractivity (Wildman–Crippen MR) is 140 cm³/mol. The van der Waals surface area contributed by atoms with Crippen molar-refractivity contribution in [3.63, 3.8) is 0 Å². The van der Waals surface area contributed by atoms with Crippen molar-refractivity contribution < 1.29 is 28.9 Å². The molecule has 0 saturated carbocycles. The van der Waals surface area contributed by atoms with E-state index in [4.69, 9.17) is 14.2 Å². The number of phenols is 1. The first kappa shape index (κ1) is 25.3. The third-order valence-electron chi connectivity index (χ3n) is 5.01. The number of hydrazone groups is 1. The van der Waals surface area contributed by atoms with Gasteiger partial charge in [-0.15, -0.1) is 0 Å². The highest BCUT2D eigenvalue weighted by molar-refractivity contribution is 9.13. The zero-order valence-corrected chi connectivity index (χ0v) is 21.9. The van der Waals surface area contributed by atoms with Crippen molar-refractivity contribution in [2.75, 3.05) is 13.9 Å². The van der Waals surface area contributed by atoms with Gasteiger partial charge in [0.05, 0.1) is 18.9 Å². The second-order valence-electron chi connectivity index (χ2n) is 7.33. The smallest absolute Gasteiger partial charge is 0.287 e. The molecule has 0 bridgehead atoms. The summed E-state index contributed by atoms with van der Waals surface area (Å²) in [4.78, 5) is 25.8. The molecule has 0 radical (unpaired) electrons. The van der Waals surface area contributed by atoms with Crippen molar-refractivity contribution in [2.45, 2.75) is 0 Å². The molecular formula is C25H19Br2N3O6. The molecule has 3 N–H and O–H groups in total. The SMILES string of the molecule is COc1cc(Br)c(Br)c(/C=N/NC(=O)C(=Cc2ccc3c(c2)OCO3)NC(=O)c2ccccc2)c1O. The maximum Gasteiger partial charge on any atom is 0.287 e. The number of rotatable bonds is 7. The van der Waals surface area contributed by atoms with Crippen LogP contribution in [0.4, 0.5) is 0 Å². The standard InChI is InChI=1S/C25H19Br2N3O6/c1-34-21-11-17(26)22(27)16(23(21)31)12-28-30-25(33)18(29-24(32)15-5-3-2-4-6-15)9-14-7-8-19-20(10-14)36-13-35-19/h2-12,31H,13H2,1H3,(H,29,32)(H,30,33)/b18-9?,28-12+. The molecule has 0 aromatic heterocycles. The molecule has 36 heavy (non-hydrogen) atoms. The van der Waals surface area contributed by atoms with Crippen molar-refractivity contribution in [3.05, 3.63) is 85.9 Å². The number of halogens is 2. The number of nitrogens with one attached hydrogen (secondary N) is 2. The zero-order chi connectivity index (χ0) is 25.7. The minimum absolute atomic E-state index is 0.0602. The molecule has 1 aliphatic rings. The van der Waals surface area contributed by atoms with Crippen LogP contribution in [0, 0.1) is 0 Å². The minimum atomic E-state index is -0.689. The van der Waals surface area contributed by atoms with E-state index in [0.717, 1.165) is 0 Å². The second-order valence-corrected chi connectivity index (χ2v) is 8.97. The summed E-state index contributed by atoms with van der Waals surface area (Å²) in [6.07, 6.45) is 2.74. The highest BCUT2D eigenvalue weighted by atomic mass is 79.9. The van der Waals surface area contributed by atoms with E-state index in [1.54, 1.807) is 54.6 Å². The van der Waals surface area contributed by atoms with Crippen LogP contribution in [0.25, 0.3) is 6.08 Å². The van der Waals surface area contributed by atoms with Gasteiger partial charge in [0.2, 0.25) is 6.79 Å². The number of hydrogen-bond acceptors (Lipinski definition) is 7. The number of methoxy groups -OCH3 is 1. The summed E-state index contributed by atoms with van der Waals surface area (Å²) in [5.41, 5.74) is 3.56. The second kappa shape index (κ2) is 11.3. The first-order valence-corrected chi connectivity index (χ1v) is 12.0. The van der Waals surface area contributed by atoms with E-state index in [-0.39, 0.29) is 29.6 Å². The topological polar surface area (TPSA) is 118 Å². The Kier molecular flexibility index (Phi) is 7.91. The minimum Gasteiger partial charge on any atom is -0.504 e. The summed E-state index contributed by atoms with van der Waals surface area (Å²) >= 11 is 6.72. The van der Waals surface area contributed by atoms with Gasteiger partial charge in [-0.25, -0.2) is 5.43 Å². The van der Waals surface area contributed by atoms with Crippen molar-refractivity contribution in [2.24, 2.45) is 5.10 Å². The Hall–Kier alpha value is -3.83. The highest BCUT2D eigenvalue weighted by Gasteiger charge is 2.18.